The molecule has 1 amide bonds. The molecule has 8 heteroatoms. The maximum absolute atomic E-state index is 12.6. The Labute approximate surface area is 178 Å². The molecule has 1 N–H and O–H groups in total. The largest absolute Gasteiger partial charge is 0.489 e. The average Bonchev–Trinajstić information content (AvgIpc) is 3.14. The van der Waals surface area contributed by atoms with E-state index in [4.69, 9.17) is 9.26 Å². The summed E-state index contributed by atoms with van der Waals surface area (Å²) >= 11 is 3.51. The van der Waals surface area contributed by atoms with E-state index in [2.05, 4.69) is 37.6 Å². The van der Waals surface area contributed by atoms with Crippen molar-refractivity contribution in [2.45, 2.75) is 47.8 Å². The van der Waals surface area contributed by atoms with Crippen LogP contribution in [0, 0.1) is 34.6 Å². The number of halogens is 1. The van der Waals surface area contributed by atoms with Gasteiger partial charge in [0, 0.05) is 12.2 Å². The van der Waals surface area contributed by atoms with Crippen molar-refractivity contribution in [3.8, 4) is 5.75 Å². The molecule has 0 saturated carbocycles. The summed E-state index contributed by atoms with van der Waals surface area (Å²) in [6, 6.07) is 6.00. The maximum Gasteiger partial charge on any atom is 0.273 e. The van der Waals surface area contributed by atoms with Crippen LogP contribution < -0.4 is 10.1 Å². The maximum atomic E-state index is 12.6. The molecule has 2 heterocycles. The number of benzene rings is 1. The van der Waals surface area contributed by atoms with E-state index < -0.39 is 0 Å². The van der Waals surface area contributed by atoms with Crippen LogP contribution in [0.5, 0.6) is 5.75 Å². The number of hydrogen-bond donors (Lipinski definition) is 1. The number of aryl methyl sites for hydroxylation is 4. The molecule has 0 atom stereocenters. The molecule has 0 aliphatic rings. The first kappa shape index (κ1) is 21.1. The van der Waals surface area contributed by atoms with E-state index in [9.17, 15) is 4.79 Å². The molecule has 0 saturated heterocycles. The minimum Gasteiger partial charge on any atom is -0.489 e. The Morgan fingerprint density at radius 2 is 1.86 bits per heavy atom. The van der Waals surface area contributed by atoms with Gasteiger partial charge in [-0.1, -0.05) is 11.2 Å². The first-order valence-electron chi connectivity index (χ1n) is 9.40. The molecule has 0 fully saturated rings. The van der Waals surface area contributed by atoms with Crippen molar-refractivity contribution in [2.24, 2.45) is 0 Å². The summed E-state index contributed by atoms with van der Waals surface area (Å²) < 4.78 is 14.0. The quantitative estimate of drug-likeness (QED) is 0.571. The number of amides is 1. The third kappa shape index (κ3) is 4.87. The van der Waals surface area contributed by atoms with Crippen molar-refractivity contribution in [3.63, 3.8) is 0 Å². The minimum absolute atomic E-state index is 0.214. The normalized spacial score (nSPS) is 11.0. The van der Waals surface area contributed by atoms with Crippen LogP contribution in [0.25, 0.3) is 0 Å². The summed E-state index contributed by atoms with van der Waals surface area (Å²) in [6.07, 6.45) is 0. The molecule has 0 radical (unpaired) electrons. The Morgan fingerprint density at radius 1 is 1.17 bits per heavy atom. The Balaban J connectivity index is 1.63. The monoisotopic (exact) mass is 460 g/mol. The Kier molecular flexibility index (Phi) is 6.42. The molecule has 1 aromatic carbocycles. The molecular weight excluding hydrogens is 436 g/mol. The molecule has 0 spiro atoms. The first-order valence-corrected chi connectivity index (χ1v) is 10.2. The van der Waals surface area contributed by atoms with Gasteiger partial charge in [0.15, 0.2) is 5.69 Å². The van der Waals surface area contributed by atoms with Crippen molar-refractivity contribution >= 4 is 21.8 Å². The molecule has 3 aromatic rings. The zero-order chi connectivity index (χ0) is 21.1. The standard InChI is InChI=1S/C21H25BrN4O3/c1-12-8-13(2)10-17(9-12)28-11-18-16(5)29-25-20(18)21(27)23-6-7-26-15(4)19(22)14(3)24-26/h8-10H,6-7,11H2,1-5H3,(H,23,27). The van der Waals surface area contributed by atoms with Crippen LogP contribution in [0.3, 0.4) is 0 Å². The zero-order valence-corrected chi connectivity index (χ0v) is 18.9. The summed E-state index contributed by atoms with van der Waals surface area (Å²) in [5.41, 5.74) is 5.09. The summed E-state index contributed by atoms with van der Waals surface area (Å²) in [5, 5.41) is 11.3. The lowest BCUT2D eigenvalue weighted by Crippen LogP contribution is -2.29. The van der Waals surface area contributed by atoms with Gasteiger partial charge in [-0.25, -0.2) is 0 Å². The molecule has 3 rings (SSSR count). The topological polar surface area (TPSA) is 82.2 Å². The Bertz CT molecular complexity index is 1020. The molecule has 29 heavy (non-hydrogen) atoms. The molecular formula is C21H25BrN4O3. The van der Waals surface area contributed by atoms with Gasteiger partial charge >= 0.3 is 0 Å². The Morgan fingerprint density at radius 3 is 2.48 bits per heavy atom. The number of carbonyl (C=O) groups excluding carboxylic acids is 1. The third-order valence-electron chi connectivity index (χ3n) is 4.68. The highest BCUT2D eigenvalue weighted by Gasteiger charge is 2.20. The number of nitrogens with one attached hydrogen (secondary N) is 1. The number of rotatable bonds is 7. The van der Waals surface area contributed by atoms with E-state index in [-0.39, 0.29) is 18.2 Å². The highest BCUT2D eigenvalue weighted by molar-refractivity contribution is 9.10. The molecule has 0 bridgehead atoms. The van der Waals surface area contributed by atoms with Gasteiger partial charge in [-0.05, 0) is 73.8 Å². The number of hydrogen-bond acceptors (Lipinski definition) is 5. The predicted octanol–water partition coefficient (Wildman–Crippen LogP) is 4.18. The second-order valence-corrected chi connectivity index (χ2v) is 7.93. The molecule has 0 aliphatic heterocycles. The van der Waals surface area contributed by atoms with E-state index in [1.165, 1.54) is 0 Å². The van der Waals surface area contributed by atoms with E-state index in [0.29, 0.717) is 24.4 Å². The van der Waals surface area contributed by atoms with Crippen LogP contribution in [0.15, 0.2) is 27.2 Å². The van der Waals surface area contributed by atoms with Gasteiger partial charge in [0.05, 0.1) is 22.3 Å². The fourth-order valence-electron chi connectivity index (χ4n) is 3.16. The van der Waals surface area contributed by atoms with Crippen LogP contribution in [0.2, 0.25) is 0 Å². The Hall–Kier alpha value is -2.61. The highest BCUT2D eigenvalue weighted by Crippen LogP contribution is 2.21. The van der Waals surface area contributed by atoms with E-state index in [1.807, 2.05) is 44.5 Å². The smallest absolute Gasteiger partial charge is 0.273 e. The average molecular weight is 461 g/mol. The highest BCUT2D eigenvalue weighted by atomic mass is 79.9. The van der Waals surface area contributed by atoms with Crippen LogP contribution in [-0.2, 0) is 13.2 Å². The van der Waals surface area contributed by atoms with Crippen molar-refractivity contribution in [3.05, 3.63) is 62.2 Å². The molecule has 2 aromatic heterocycles. The lowest BCUT2D eigenvalue weighted by atomic mass is 10.1. The summed E-state index contributed by atoms with van der Waals surface area (Å²) in [5.74, 6) is 1.04. The number of aromatic nitrogens is 3. The second kappa shape index (κ2) is 8.82. The van der Waals surface area contributed by atoms with Gasteiger partial charge in [-0.3, -0.25) is 9.48 Å². The molecule has 154 valence electrons. The van der Waals surface area contributed by atoms with Crippen LogP contribution in [0.4, 0.5) is 0 Å². The van der Waals surface area contributed by atoms with E-state index in [0.717, 1.165) is 32.7 Å². The van der Waals surface area contributed by atoms with Crippen LogP contribution >= 0.6 is 15.9 Å². The van der Waals surface area contributed by atoms with Crippen LogP contribution in [0.1, 0.15) is 44.3 Å². The van der Waals surface area contributed by atoms with Gasteiger partial charge in [0.2, 0.25) is 0 Å². The minimum atomic E-state index is -0.290. The first-order chi connectivity index (χ1) is 13.8. The SMILES string of the molecule is Cc1cc(C)cc(OCc2c(C(=O)NCCn3nc(C)c(Br)c3C)noc2C)c1. The lowest BCUT2D eigenvalue weighted by Gasteiger charge is -2.09. The number of carbonyl (C=O) groups is 1. The summed E-state index contributed by atoms with van der Waals surface area (Å²) in [4.78, 5) is 12.6. The van der Waals surface area contributed by atoms with Crippen molar-refractivity contribution < 1.29 is 14.1 Å². The molecule has 0 unspecified atom stereocenters. The van der Waals surface area contributed by atoms with Crippen molar-refractivity contribution in [1.82, 2.24) is 20.3 Å². The predicted molar refractivity (Wildman–Crippen MR) is 113 cm³/mol. The summed E-state index contributed by atoms with van der Waals surface area (Å²) in [6.45, 7) is 10.9. The lowest BCUT2D eigenvalue weighted by molar-refractivity contribution is 0.0940. The summed E-state index contributed by atoms with van der Waals surface area (Å²) in [7, 11) is 0. The second-order valence-electron chi connectivity index (χ2n) is 7.14. The van der Waals surface area contributed by atoms with E-state index in [1.54, 1.807) is 6.92 Å². The van der Waals surface area contributed by atoms with Gasteiger partial charge in [0.1, 0.15) is 18.1 Å². The fourth-order valence-corrected chi connectivity index (χ4v) is 3.45. The van der Waals surface area contributed by atoms with Gasteiger partial charge in [-0.15, -0.1) is 0 Å². The van der Waals surface area contributed by atoms with Crippen LogP contribution in [-0.4, -0.2) is 27.4 Å². The van der Waals surface area contributed by atoms with Gasteiger partial charge in [-0.2, -0.15) is 5.10 Å². The zero-order valence-electron chi connectivity index (χ0n) is 17.3. The molecule has 0 aliphatic carbocycles. The van der Waals surface area contributed by atoms with Gasteiger partial charge in [0.25, 0.3) is 5.91 Å². The number of nitrogens with zero attached hydrogens (tertiary/aromatic N) is 3. The molecule has 7 nitrogen and oxygen atoms in total. The number of ether oxygens (including phenoxy) is 1. The van der Waals surface area contributed by atoms with Crippen molar-refractivity contribution in [1.29, 1.82) is 0 Å². The fraction of sp³-hybridized carbons (Fsp3) is 0.381. The van der Waals surface area contributed by atoms with Gasteiger partial charge < -0.3 is 14.6 Å². The third-order valence-corrected chi connectivity index (χ3v) is 5.83. The van der Waals surface area contributed by atoms with Crippen molar-refractivity contribution in [2.75, 3.05) is 6.54 Å². The van der Waals surface area contributed by atoms with E-state index >= 15 is 0 Å².